The second-order valence-corrected chi connectivity index (χ2v) is 26.4. The molecule has 0 saturated carbocycles. The van der Waals surface area contributed by atoms with Gasteiger partial charge in [-0.3, -0.25) is 52.7 Å². The van der Waals surface area contributed by atoms with Crippen molar-refractivity contribution in [1.29, 1.82) is 0 Å². The van der Waals surface area contributed by atoms with Crippen molar-refractivity contribution in [1.82, 2.24) is 56.0 Å². The SMILES string of the molecule is C/C=C/C[C@H](C)[C@@H](O)[C@H]1C(=O)N[C@@H](C(C)C)C(=O)N(C)CC(=O)N(C)[C@@H](CC(C)C)C(=O)N[C@@H](C(C)C)C(=O)N(C)[C@@H](CC(C)C)C(=O)N[C@@H](C)C(=O)N[C@H](C)C(=O)N(C)[C@@H](CC(C)C)C(=O)N[C@@H](CC(C)C)C(=O)N(C)[C@@H](C(C)C)C(=O)N1C. The fourth-order valence-corrected chi connectivity index (χ4v) is 10.5. The molecule has 85 heavy (non-hydrogen) atoms. The summed E-state index contributed by atoms with van der Waals surface area (Å²) in [5, 5.41) is 26.0. The molecule has 0 spiro atoms. The van der Waals surface area contributed by atoms with Gasteiger partial charge >= 0.3 is 0 Å². The van der Waals surface area contributed by atoms with E-state index >= 15 is 4.79 Å². The van der Waals surface area contributed by atoms with Crippen LogP contribution >= 0.6 is 0 Å². The Labute approximate surface area is 508 Å². The van der Waals surface area contributed by atoms with Crippen LogP contribution in [0.15, 0.2) is 12.2 Å². The number of nitrogens with one attached hydrogen (secondary N) is 5. The van der Waals surface area contributed by atoms with Crippen LogP contribution in [0.25, 0.3) is 0 Å². The first kappa shape index (κ1) is 76.9. The summed E-state index contributed by atoms with van der Waals surface area (Å²) in [6.45, 7) is 30.9. The van der Waals surface area contributed by atoms with Crippen molar-refractivity contribution < 1.29 is 57.8 Å². The molecule has 0 bridgehead atoms. The molecule has 486 valence electrons. The van der Waals surface area contributed by atoms with E-state index in [4.69, 9.17) is 0 Å². The Morgan fingerprint density at radius 3 is 1.28 bits per heavy atom. The molecule has 1 rings (SSSR count). The first-order valence-electron chi connectivity index (χ1n) is 30.5. The number of amides is 11. The molecule has 0 aromatic heterocycles. The summed E-state index contributed by atoms with van der Waals surface area (Å²) >= 11 is 0. The Hall–Kier alpha value is -6.13. The van der Waals surface area contributed by atoms with Crippen LogP contribution in [0, 0.1) is 47.3 Å². The van der Waals surface area contributed by atoms with Gasteiger partial charge < -0.3 is 61.1 Å². The third-order valence-electron chi connectivity index (χ3n) is 15.8. The monoisotopic (exact) mass is 1200 g/mol. The highest BCUT2D eigenvalue weighted by Gasteiger charge is 2.45. The zero-order chi connectivity index (χ0) is 66.0. The van der Waals surface area contributed by atoms with Crippen molar-refractivity contribution in [3.05, 3.63) is 12.2 Å². The summed E-state index contributed by atoms with van der Waals surface area (Å²) in [6.07, 6.45) is 2.96. The van der Waals surface area contributed by atoms with Gasteiger partial charge in [0.15, 0.2) is 0 Å². The van der Waals surface area contributed by atoms with Gasteiger partial charge in [0.1, 0.15) is 60.4 Å². The van der Waals surface area contributed by atoms with E-state index in [0.29, 0.717) is 6.42 Å². The maximum atomic E-state index is 15.1. The summed E-state index contributed by atoms with van der Waals surface area (Å²) in [4.78, 5) is 167. The molecule has 12 atom stereocenters. The Morgan fingerprint density at radius 2 is 0.835 bits per heavy atom. The number of carbonyl (C=O) groups is 11. The van der Waals surface area contributed by atoms with Gasteiger partial charge in [-0.05, 0) is 100 Å². The highest BCUT2D eigenvalue weighted by Crippen LogP contribution is 2.24. The number of likely N-dealkylation sites (N-methyl/N-ethyl adjacent to an activating group) is 6. The number of hydrogen-bond donors (Lipinski definition) is 6. The van der Waals surface area contributed by atoms with Gasteiger partial charge in [0, 0.05) is 42.3 Å². The number of hydrogen-bond acceptors (Lipinski definition) is 12. The standard InChI is InChI=1S/C62H111N11O12/c1-25-26-27-40(16)52(75)51-57(80)67-48(37(10)11)60(83)68(19)32-47(74)69(20)44(29-34(4)5)56(79)66-49(38(12)13)61(84)71(22)45(30-35(6)7)54(77)63-41(17)53(76)64-42(18)58(81)70(21)46(31-36(8)9)55(78)65-43(28-33(2)3)59(82)72(23)50(39(14)15)62(85)73(51)24/h25-26,33-46,48-52,75H,27-32H2,1-24H3,(H,63,77)(H,64,76)(H,65,78)(H,66,79)(H,67,80)/b26-25+/t40-,41-,42+,43-,44-,45-,46-,48-,49-,50-,51-,52+/m0/s1. The summed E-state index contributed by atoms with van der Waals surface area (Å²) in [7, 11) is 8.41. The minimum Gasteiger partial charge on any atom is -0.390 e. The number of aliphatic hydroxyl groups is 1. The largest absolute Gasteiger partial charge is 0.390 e. The van der Waals surface area contributed by atoms with Gasteiger partial charge in [-0.25, -0.2) is 0 Å². The van der Waals surface area contributed by atoms with Crippen molar-refractivity contribution >= 4 is 65.0 Å². The molecule has 1 heterocycles. The number of allylic oxidation sites excluding steroid dienone is 2. The molecule has 0 aromatic carbocycles. The van der Waals surface area contributed by atoms with E-state index in [0.717, 1.165) is 9.80 Å². The zero-order valence-electron chi connectivity index (χ0n) is 56.0. The lowest BCUT2D eigenvalue weighted by molar-refractivity contribution is -0.154. The summed E-state index contributed by atoms with van der Waals surface area (Å²) in [5.41, 5.74) is 0. The quantitative estimate of drug-likeness (QED) is 0.129. The van der Waals surface area contributed by atoms with Crippen LogP contribution in [0.2, 0.25) is 0 Å². The van der Waals surface area contributed by atoms with Crippen LogP contribution in [0.3, 0.4) is 0 Å². The van der Waals surface area contributed by atoms with Crippen molar-refractivity contribution in [2.75, 3.05) is 48.8 Å². The maximum Gasteiger partial charge on any atom is 0.246 e. The molecule has 0 radical (unpaired) electrons. The molecule has 23 heteroatoms. The first-order chi connectivity index (χ1) is 39.2. The van der Waals surface area contributed by atoms with Gasteiger partial charge in [-0.2, -0.15) is 0 Å². The van der Waals surface area contributed by atoms with Gasteiger partial charge in [-0.15, -0.1) is 0 Å². The molecule has 1 saturated heterocycles. The highest BCUT2D eigenvalue weighted by molar-refractivity contribution is 5.99. The van der Waals surface area contributed by atoms with Gasteiger partial charge in [0.25, 0.3) is 0 Å². The van der Waals surface area contributed by atoms with E-state index in [1.54, 1.807) is 67.5 Å². The lowest BCUT2D eigenvalue weighted by Gasteiger charge is -2.40. The summed E-state index contributed by atoms with van der Waals surface area (Å²) in [5.74, 6) is -10.5. The van der Waals surface area contributed by atoms with Crippen molar-refractivity contribution in [3.63, 3.8) is 0 Å². The average Bonchev–Trinajstić information content (AvgIpc) is 3.50. The number of nitrogens with zero attached hydrogens (tertiary/aromatic N) is 6. The predicted octanol–water partition coefficient (Wildman–Crippen LogP) is 3.17. The number of carbonyl (C=O) groups excluding carboxylic acids is 11. The van der Waals surface area contributed by atoms with Crippen LogP contribution in [0.4, 0.5) is 0 Å². The third kappa shape index (κ3) is 22.3. The first-order valence-corrected chi connectivity index (χ1v) is 30.5. The third-order valence-corrected chi connectivity index (χ3v) is 15.8. The van der Waals surface area contributed by atoms with E-state index in [1.165, 1.54) is 75.7 Å². The van der Waals surface area contributed by atoms with Crippen LogP contribution in [-0.2, 0) is 52.7 Å². The summed E-state index contributed by atoms with van der Waals surface area (Å²) < 4.78 is 0. The molecule has 23 nitrogen and oxygen atoms in total. The van der Waals surface area contributed by atoms with Crippen LogP contribution < -0.4 is 26.6 Å². The molecule has 6 N–H and O–H groups in total. The Kier molecular flexibility index (Phi) is 31.5. The predicted molar refractivity (Wildman–Crippen MR) is 328 cm³/mol. The van der Waals surface area contributed by atoms with Crippen LogP contribution in [-0.4, -0.2) is 215 Å². The smallest absolute Gasteiger partial charge is 0.246 e. The molecular weight excluding hydrogens is 1090 g/mol. The Bertz CT molecular complexity index is 2320. The van der Waals surface area contributed by atoms with Crippen molar-refractivity contribution in [3.8, 4) is 0 Å². The van der Waals surface area contributed by atoms with E-state index in [2.05, 4.69) is 26.6 Å². The molecule has 11 amide bonds. The van der Waals surface area contributed by atoms with E-state index in [1.807, 2.05) is 55.4 Å². The van der Waals surface area contributed by atoms with Gasteiger partial charge in [-0.1, -0.05) is 116 Å². The average molecular weight is 1200 g/mol. The fourth-order valence-electron chi connectivity index (χ4n) is 10.5. The fraction of sp³-hybridized carbons (Fsp3) is 0.790. The Balaban J connectivity index is 4.31. The lowest BCUT2D eigenvalue weighted by Crippen LogP contribution is -2.64. The molecule has 0 unspecified atom stereocenters. The molecule has 0 aromatic rings. The second kappa shape index (κ2) is 34.9. The molecule has 1 fully saturated rings. The van der Waals surface area contributed by atoms with E-state index < -0.39 is 162 Å². The number of aliphatic hydroxyl groups excluding tert-OH is 1. The molecule has 0 aliphatic carbocycles. The van der Waals surface area contributed by atoms with Crippen LogP contribution in [0.5, 0.6) is 0 Å². The Morgan fingerprint density at radius 1 is 0.435 bits per heavy atom. The van der Waals surface area contributed by atoms with E-state index in [9.17, 15) is 53.1 Å². The zero-order valence-corrected chi connectivity index (χ0v) is 56.0. The lowest BCUT2D eigenvalue weighted by atomic mass is 9.91. The molecular formula is C62H111N11O12. The van der Waals surface area contributed by atoms with Crippen LogP contribution in [0.1, 0.15) is 157 Å². The maximum absolute atomic E-state index is 15.1. The van der Waals surface area contributed by atoms with E-state index in [-0.39, 0.29) is 49.4 Å². The van der Waals surface area contributed by atoms with Crippen molar-refractivity contribution in [2.24, 2.45) is 47.3 Å². The van der Waals surface area contributed by atoms with Gasteiger partial charge in [0.05, 0.1) is 12.6 Å². The molecule has 1 aliphatic heterocycles. The minimum absolute atomic E-state index is 0.118. The van der Waals surface area contributed by atoms with Gasteiger partial charge in [0.2, 0.25) is 65.0 Å². The summed E-state index contributed by atoms with van der Waals surface area (Å²) in [6, 6.07) is -12.5. The minimum atomic E-state index is -1.62. The number of rotatable bonds is 15. The second-order valence-electron chi connectivity index (χ2n) is 26.4. The molecule has 1 aliphatic rings. The topological polar surface area (TPSA) is 288 Å². The highest BCUT2D eigenvalue weighted by atomic mass is 16.3. The normalized spacial score (nSPS) is 26.8. The van der Waals surface area contributed by atoms with Crippen molar-refractivity contribution in [2.45, 2.75) is 223 Å².